The van der Waals surface area contributed by atoms with Crippen molar-refractivity contribution >= 4 is 34.3 Å². The van der Waals surface area contributed by atoms with Gasteiger partial charge in [0, 0.05) is 24.3 Å². The van der Waals surface area contributed by atoms with Gasteiger partial charge in [-0.05, 0) is 42.5 Å². The summed E-state index contributed by atoms with van der Waals surface area (Å²) < 4.78 is 0. The molecule has 3 aromatic rings. The molecule has 1 aliphatic heterocycles. The molecular formula is C23H23N5O3. The first-order chi connectivity index (χ1) is 14.9. The van der Waals surface area contributed by atoms with Crippen molar-refractivity contribution in [3.8, 4) is 0 Å². The number of para-hydroxylation sites is 1. The molecule has 1 saturated heterocycles. The smallest absolute Gasteiger partial charge is 0.313 e. The lowest BCUT2D eigenvalue weighted by atomic mass is 9.90. The molecular weight excluding hydrogens is 394 g/mol. The molecule has 2 aromatic heterocycles. The maximum absolute atomic E-state index is 13.1. The third-order valence-corrected chi connectivity index (χ3v) is 5.55. The third kappa shape index (κ3) is 4.37. The number of nitrogens with two attached hydrogens (primary N) is 1. The molecule has 8 nitrogen and oxygen atoms in total. The van der Waals surface area contributed by atoms with Gasteiger partial charge in [0.05, 0.1) is 29.0 Å². The molecule has 2 atom stereocenters. The first kappa shape index (κ1) is 20.5. The van der Waals surface area contributed by atoms with Crippen LogP contribution in [0, 0.1) is 5.92 Å². The number of hydrogen-bond acceptors (Lipinski definition) is 5. The van der Waals surface area contributed by atoms with E-state index in [0.717, 1.165) is 29.3 Å². The van der Waals surface area contributed by atoms with Gasteiger partial charge in [-0.1, -0.05) is 25.1 Å². The Labute approximate surface area is 179 Å². The Bertz CT molecular complexity index is 1160. The number of anilines is 1. The van der Waals surface area contributed by atoms with E-state index in [1.54, 1.807) is 11.1 Å². The molecule has 4 rings (SSSR count). The fourth-order valence-electron chi connectivity index (χ4n) is 3.95. The summed E-state index contributed by atoms with van der Waals surface area (Å²) in [5, 5.41) is 3.53. The molecule has 8 heteroatoms. The minimum Gasteiger partial charge on any atom is -0.366 e. The van der Waals surface area contributed by atoms with Crippen LogP contribution in [0.25, 0.3) is 10.9 Å². The van der Waals surface area contributed by atoms with Crippen LogP contribution in [0.2, 0.25) is 0 Å². The zero-order valence-corrected chi connectivity index (χ0v) is 17.1. The number of nitrogens with zero attached hydrogens (tertiary/aromatic N) is 3. The highest BCUT2D eigenvalue weighted by molar-refractivity contribution is 6.39. The van der Waals surface area contributed by atoms with Gasteiger partial charge in [0.1, 0.15) is 0 Å². The van der Waals surface area contributed by atoms with Crippen LogP contribution in [-0.2, 0) is 9.59 Å². The largest absolute Gasteiger partial charge is 0.366 e. The second kappa shape index (κ2) is 8.51. The number of aromatic nitrogens is 2. The van der Waals surface area contributed by atoms with Crippen LogP contribution < -0.4 is 11.1 Å². The topological polar surface area (TPSA) is 118 Å². The standard InChI is InChI=1S/C23H23N5O3/c1-14-6-7-20(16-8-15-4-2-3-5-19(15)26-11-16)28(13-14)23(31)22(30)27-18-9-17(21(24)29)10-25-12-18/h2-5,8-12,14,20H,6-7,13H2,1H3,(H2,24,29)(H,27,30)/t14-,20+/m0/s1. The fourth-order valence-corrected chi connectivity index (χ4v) is 3.95. The molecule has 0 aliphatic carbocycles. The van der Waals surface area contributed by atoms with E-state index in [4.69, 9.17) is 5.73 Å². The molecule has 158 valence electrons. The Morgan fingerprint density at radius 1 is 1.10 bits per heavy atom. The van der Waals surface area contributed by atoms with E-state index in [-0.39, 0.29) is 23.2 Å². The van der Waals surface area contributed by atoms with Gasteiger partial charge in [-0.15, -0.1) is 0 Å². The SMILES string of the molecule is C[C@H]1CC[C@H](c2cnc3ccccc3c2)N(C(=O)C(=O)Nc2cncc(C(N)=O)c2)C1. The monoisotopic (exact) mass is 417 g/mol. The van der Waals surface area contributed by atoms with Gasteiger partial charge in [0.15, 0.2) is 0 Å². The Hall–Kier alpha value is -3.81. The molecule has 31 heavy (non-hydrogen) atoms. The number of amides is 3. The lowest BCUT2D eigenvalue weighted by molar-refractivity contribution is -0.146. The number of primary amides is 1. The molecule has 1 fully saturated rings. The summed E-state index contributed by atoms with van der Waals surface area (Å²) in [5.74, 6) is -1.80. The molecule has 3 heterocycles. The second-order valence-electron chi connectivity index (χ2n) is 7.90. The van der Waals surface area contributed by atoms with Crippen molar-refractivity contribution in [2.24, 2.45) is 11.7 Å². The van der Waals surface area contributed by atoms with Gasteiger partial charge in [-0.25, -0.2) is 0 Å². The third-order valence-electron chi connectivity index (χ3n) is 5.55. The average molecular weight is 417 g/mol. The Morgan fingerprint density at radius 2 is 1.90 bits per heavy atom. The molecule has 0 bridgehead atoms. The van der Waals surface area contributed by atoms with Gasteiger partial charge in [-0.3, -0.25) is 24.4 Å². The van der Waals surface area contributed by atoms with E-state index in [2.05, 4.69) is 22.2 Å². The fraction of sp³-hybridized carbons (Fsp3) is 0.261. The number of likely N-dealkylation sites (tertiary alicyclic amines) is 1. The first-order valence-corrected chi connectivity index (χ1v) is 10.1. The van der Waals surface area contributed by atoms with E-state index < -0.39 is 17.7 Å². The van der Waals surface area contributed by atoms with Crippen molar-refractivity contribution in [1.29, 1.82) is 0 Å². The Balaban J connectivity index is 1.58. The number of pyridine rings is 2. The Morgan fingerprint density at radius 3 is 2.71 bits per heavy atom. The highest BCUT2D eigenvalue weighted by atomic mass is 16.2. The molecule has 1 aromatic carbocycles. The average Bonchev–Trinajstić information content (AvgIpc) is 2.78. The van der Waals surface area contributed by atoms with E-state index in [9.17, 15) is 14.4 Å². The van der Waals surface area contributed by atoms with Crippen LogP contribution in [0.3, 0.4) is 0 Å². The summed E-state index contributed by atoms with van der Waals surface area (Å²) in [4.78, 5) is 47.2. The predicted octanol–water partition coefficient (Wildman–Crippen LogP) is 2.67. The molecule has 1 aliphatic rings. The van der Waals surface area contributed by atoms with Crippen molar-refractivity contribution in [3.63, 3.8) is 0 Å². The number of piperidine rings is 1. The van der Waals surface area contributed by atoms with Gasteiger partial charge >= 0.3 is 11.8 Å². The normalized spacial score (nSPS) is 18.5. The number of carbonyl (C=O) groups is 3. The van der Waals surface area contributed by atoms with E-state index in [1.165, 1.54) is 18.5 Å². The van der Waals surface area contributed by atoms with Crippen molar-refractivity contribution in [2.75, 3.05) is 11.9 Å². The number of carbonyl (C=O) groups excluding carboxylic acids is 3. The zero-order valence-electron chi connectivity index (χ0n) is 17.1. The minimum absolute atomic E-state index is 0.150. The summed E-state index contributed by atoms with van der Waals surface area (Å²) in [6.07, 6.45) is 6.14. The number of nitrogens with one attached hydrogen (secondary N) is 1. The zero-order chi connectivity index (χ0) is 22.0. The molecule has 0 spiro atoms. The number of fused-ring (bicyclic) bond motifs is 1. The predicted molar refractivity (Wildman–Crippen MR) is 116 cm³/mol. The second-order valence-corrected chi connectivity index (χ2v) is 7.90. The highest BCUT2D eigenvalue weighted by Crippen LogP contribution is 2.34. The number of hydrogen-bond donors (Lipinski definition) is 2. The molecule has 0 radical (unpaired) electrons. The maximum Gasteiger partial charge on any atom is 0.313 e. The summed E-state index contributed by atoms with van der Waals surface area (Å²) in [6, 6.07) is 11.0. The van der Waals surface area contributed by atoms with E-state index in [0.29, 0.717) is 6.54 Å². The lowest BCUT2D eigenvalue weighted by Gasteiger charge is -2.38. The number of rotatable bonds is 3. The van der Waals surface area contributed by atoms with Crippen LogP contribution in [0.4, 0.5) is 5.69 Å². The number of benzene rings is 1. The van der Waals surface area contributed by atoms with Crippen molar-refractivity contribution in [3.05, 3.63) is 66.1 Å². The van der Waals surface area contributed by atoms with Gasteiger partial charge in [0.2, 0.25) is 5.91 Å². The van der Waals surface area contributed by atoms with E-state index in [1.807, 2.05) is 30.3 Å². The summed E-state index contributed by atoms with van der Waals surface area (Å²) in [7, 11) is 0. The minimum atomic E-state index is -0.781. The van der Waals surface area contributed by atoms with Crippen molar-refractivity contribution in [1.82, 2.24) is 14.9 Å². The van der Waals surface area contributed by atoms with Gasteiger partial charge < -0.3 is 16.0 Å². The summed E-state index contributed by atoms with van der Waals surface area (Å²) in [6.45, 7) is 2.54. The van der Waals surface area contributed by atoms with Crippen molar-refractivity contribution in [2.45, 2.75) is 25.8 Å². The molecule has 3 amide bonds. The lowest BCUT2D eigenvalue weighted by Crippen LogP contribution is -2.46. The maximum atomic E-state index is 13.1. The van der Waals surface area contributed by atoms with Gasteiger partial charge in [-0.2, -0.15) is 0 Å². The summed E-state index contributed by atoms with van der Waals surface area (Å²) >= 11 is 0. The molecule has 0 unspecified atom stereocenters. The van der Waals surface area contributed by atoms with Crippen LogP contribution in [-0.4, -0.2) is 39.1 Å². The van der Waals surface area contributed by atoms with Gasteiger partial charge in [0.25, 0.3) is 0 Å². The quantitative estimate of drug-likeness (QED) is 0.635. The van der Waals surface area contributed by atoms with Crippen molar-refractivity contribution < 1.29 is 14.4 Å². The van der Waals surface area contributed by atoms with Crippen LogP contribution in [0.15, 0.2) is 55.0 Å². The highest BCUT2D eigenvalue weighted by Gasteiger charge is 2.34. The Kier molecular flexibility index (Phi) is 5.62. The first-order valence-electron chi connectivity index (χ1n) is 10.1. The van der Waals surface area contributed by atoms with E-state index >= 15 is 0 Å². The summed E-state index contributed by atoms with van der Waals surface area (Å²) in [5.41, 5.74) is 7.43. The van der Waals surface area contributed by atoms with Crippen LogP contribution >= 0.6 is 0 Å². The molecule has 3 N–H and O–H groups in total. The molecule has 0 saturated carbocycles. The van der Waals surface area contributed by atoms with Crippen LogP contribution in [0.1, 0.15) is 41.7 Å². The van der Waals surface area contributed by atoms with Crippen LogP contribution in [0.5, 0.6) is 0 Å².